The van der Waals surface area contributed by atoms with Crippen LogP contribution in [-0.2, 0) is 46.5 Å². The van der Waals surface area contributed by atoms with Crippen LogP contribution in [0.4, 0.5) is 28.4 Å². The van der Waals surface area contributed by atoms with Gasteiger partial charge in [-0.2, -0.15) is 4.57 Å². The number of ether oxygens (including phenoxy) is 4. The Morgan fingerprint density at radius 1 is 0.843 bits per heavy atom. The Labute approximate surface area is 417 Å². The lowest BCUT2D eigenvalue weighted by Gasteiger charge is -2.49. The maximum absolute atomic E-state index is 14.5. The van der Waals surface area contributed by atoms with Gasteiger partial charge in [-0.05, 0) is 101 Å². The first-order chi connectivity index (χ1) is 32.5. The number of halogens is 4. The number of aromatic nitrogens is 1. The number of fused-ring (bicyclic) bond motifs is 1. The van der Waals surface area contributed by atoms with E-state index in [1.807, 2.05) is 60.7 Å². The zero-order valence-electron chi connectivity index (χ0n) is 39.0. The smallest absolute Gasteiger partial charge is 0.514 e. The summed E-state index contributed by atoms with van der Waals surface area (Å²) >= 11 is 1.31. The lowest BCUT2D eigenvalue weighted by molar-refractivity contribution is -0.684. The molecule has 370 valence electrons. The number of benzene rings is 3. The number of allylic oxidation sites excluding steroid dienone is 1. The maximum Gasteiger partial charge on any atom is 0.514 e. The van der Waals surface area contributed by atoms with E-state index in [0.717, 1.165) is 24.3 Å². The second kappa shape index (κ2) is 21.5. The summed E-state index contributed by atoms with van der Waals surface area (Å²) in [5.41, 5.74) is 0.566. The van der Waals surface area contributed by atoms with Gasteiger partial charge in [0.15, 0.2) is 18.5 Å². The van der Waals surface area contributed by atoms with Gasteiger partial charge in [0.25, 0.3) is 11.8 Å². The molecule has 4 aromatic rings. The molecule has 0 saturated carbocycles. The lowest BCUT2D eigenvalue weighted by atomic mass is 10.00. The van der Waals surface area contributed by atoms with Crippen molar-refractivity contribution >= 4 is 53.4 Å². The quantitative estimate of drug-likeness (QED) is 0.0391. The number of alkyl halides is 3. The minimum Gasteiger partial charge on any atom is -1.00 e. The molecule has 70 heavy (non-hydrogen) atoms. The number of hydrogen-bond acceptors (Lipinski definition) is 11. The second-order valence-corrected chi connectivity index (χ2v) is 19.4. The first-order valence-electron chi connectivity index (χ1n) is 21.9. The molecule has 3 aromatic carbocycles. The van der Waals surface area contributed by atoms with E-state index in [9.17, 15) is 41.9 Å². The second-order valence-electron chi connectivity index (χ2n) is 18.3. The van der Waals surface area contributed by atoms with Crippen molar-refractivity contribution < 1.29 is 82.4 Å². The highest BCUT2D eigenvalue weighted by Crippen LogP contribution is 2.43. The zero-order chi connectivity index (χ0) is 49.8. The van der Waals surface area contributed by atoms with Crippen molar-refractivity contribution in [2.75, 3.05) is 17.2 Å². The Kier molecular flexibility index (Phi) is 16.2. The number of carbonyl (C=O) groups is 6. The van der Waals surface area contributed by atoms with Gasteiger partial charge < -0.3 is 46.1 Å². The van der Waals surface area contributed by atoms with Gasteiger partial charge in [-0.15, -0.1) is 24.9 Å². The number of nitrogens with one attached hydrogen (secondary N) is 1. The van der Waals surface area contributed by atoms with E-state index in [1.54, 1.807) is 64.7 Å². The lowest BCUT2D eigenvalue weighted by Crippen LogP contribution is -3.00. The van der Waals surface area contributed by atoms with Gasteiger partial charge in [-0.1, -0.05) is 60.7 Å². The van der Waals surface area contributed by atoms with E-state index in [2.05, 4.69) is 5.32 Å². The fourth-order valence-corrected chi connectivity index (χ4v) is 9.00. The third-order valence-electron chi connectivity index (χ3n) is 10.7. The van der Waals surface area contributed by atoms with E-state index in [4.69, 9.17) is 18.9 Å². The van der Waals surface area contributed by atoms with Crippen LogP contribution in [0.1, 0.15) is 70.8 Å². The predicted molar refractivity (Wildman–Crippen MR) is 246 cm³/mol. The minimum absolute atomic E-state index is 0. The molecule has 0 spiro atoms. The van der Waals surface area contributed by atoms with Crippen molar-refractivity contribution in [2.45, 2.75) is 96.1 Å². The van der Waals surface area contributed by atoms with E-state index in [-0.39, 0.29) is 51.5 Å². The molecule has 15 nitrogen and oxygen atoms in total. The third-order valence-corrected chi connectivity index (χ3v) is 12.0. The van der Waals surface area contributed by atoms with E-state index >= 15 is 0 Å². The minimum atomic E-state index is -5.08. The van der Waals surface area contributed by atoms with Crippen molar-refractivity contribution in [1.29, 1.82) is 0 Å². The number of pyridine rings is 1. The van der Waals surface area contributed by atoms with Crippen LogP contribution in [0.5, 0.6) is 5.75 Å². The number of anilines is 1. The highest BCUT2D eigenvalue weighted by molar-refractivity contribution is 8.00. The van der Waals surface area contributed by atoms with Gasteiger partial charge in [-0.25, -0.2) is 19.3 Å². The van der Waals surface area contributed by atoms with Gasteiger partial charge in [0, 0.05) is 36.5 Å². The Bertz CT molecular complexity index is 2620. The number of rotatable bonds is 12. The molecule has 0 bridgehead atoms. The number of likely N-dealkylation sites (tertiary alicyclic amines) is 1. The van der Waals surface area contributed by atoms with Crippen LogP contribution < -0.4 is 36.5 Å². The summed E-state index contributed by atoms with van der Waals surface area (Å²) in [5.74, 6) is -2.85. The molecular weight excluding hydrogens is 1000 g/mol. The van der Waals surface area contributed by atoms with Gasteiger partial charge in [0.2, 0.25) is 12.5 Å². The molecule has 4 amide bonds. The van der Waals surface area contributed by atoms with Crippen LogP contribution in [0.15, 0.2) is 132 Å². The first-order valence-corrected chi connectivity index (χ1v) is 23.0. The maximum atomic E-state index is 14.5. The zero-order valence-corrected chi connectivity index (χ0v) is 41.4. The summed E-state index contributed by atoms with van der Waals surface area (Å²) in [6.07, 6.45) is -2.97. The molecule has 0 aliphatic carbocycles. The Balaban J connectivity index is 0.00000804. The molecule has 3 aliphatic rings. The van der Waals surface area contributed by atoms with Crippen molar-refractivity contribution in [2.24, 2.45) is 0 Å². The molecule has 20 heteroatoms. The molecule has 0 radical (unpaired) electrons. The van der Waals surface area contributed by atoms with E-state index in [1.165, 1.54) is 33.6 Å². The summed E-state index contributed by atoms with van der Waals surface area (Å²) in [5, 5.41) is 1.97. The summed E-state index contributed by atoms with van der Waals surface area (Å²) < 4.78 is 65.8. The molecule has 1 aromatic heterocycles. The molecule has 1 N–H and O–H groups in total. The molecule has 4 heterocycles. The SMILES string of the molecule is CC(C)(C)OC(=O)NC1C(=O)N2C(C(=O)OC(c3ccccc3)c3ccccc3)=C(C=C3CCN(Cc4cc[n+](CC(=O)N(c5ccc(OC(=O)OC(C)(C)C)cc5)C(F)(F)F)cc4)C3=O)CSC12.[Br-]. The third kappa shape index (κ3) is 12.9. The van der Waals surface area contributed by atoms with Gasteiger partial charge in [-0.3, -0.25) is 19.3 Å². The van der Waals surface area contributed by atoms with Gasteiger partial charge in [0.05, 0.1) is 5.69 Å². The van der Waals surface area contributed by atoms with Crippen LogP contribution in [-0.4, -0.2) is 87.0 Å². The Hall–Kier alpha value is -6.67. The van der Waals surface area contributed by atoms with Crippen LogP contribution in [0.3, 0.4) is 0 Å². The highest BCUT2D eigenvalue weighted by atomic mass is 79.9. The Morgan fingerprint density at radius 2 is 1.43 bits per heavy atom. The summed E-state index contributed by atoms with van der Waals surface area (Å²) in [6, 6.07) is 24.7. The molecule has 2 unspecified atom stereocenters. The summed E-state index contributed by atoms with van der Waals surface area (Å²) in [7, 11) is 0. The van der Waals surface area contributed by atoms with Crippen molar-refractivity contribution in [1.82, 2.24) is 15.1 Å². The molecule has 2 saturated heterocycles. The fourth-order valence-electron chi connectivity index (χ4n) is 7.70. The van der Waals surface area contributed by atoms with Crippen LogP contribution in [0, 0.1) is 0 Å². The van der Waals surface area contributed by atoms with E-state index in [0.29, 0.717) is 40.8 Å². The average molecular weight is 1050 g/mol. The summed E-state index contributed by atoms with van der Waals surface area (Å²) in [4.78, 5) is 82.7. The standard InChI is InChI=1S/C50H50F3N5O10S.BrH/c1-48(2,3)67-46(63)54-39-43(61)57-40(45(62)66-41(32-13-9-7-10-14-32)33-15-11-8-12-16-33)35(30-69-44(39)57)27-34-23-26-56(42(34)60)28-31-21-24-55(25-22-31)29-38(59)58(50(51,52)53)36-17-19-37(20-18-36)65-47(64)68-49(4,5)6;/h7-22,24-25,27,39,41,44H,23,26,28-30H2,1-6H3;1H. The van der Waals surface area contributed by atoms with Crippen LogP contribution >= 0.6 is 11.8 Å². The summed E-state index contributed by atoms with van der Waals surface area (Å²) in [6.45, 7) is 9.72. The number of nitrogens with zero attached hydrogens (tertiary/aromatic N) is 4. The highest BCUT2D eigenvalue weighted by Gasteiger charge is 2.55. The van der Waals surface area contributed by atoms with Gasteiger partial charge >= 0.3 is 24.5 Å². The topological polar surface area (TPSA) is 165 Å². The van der Waals surface area contributed by atoms with Gasteiger partial charge in [0.1, 0.15) is 34.1 Å². The number of alkyl carbamates (subject to hydrolysis) is 1. The molecule has 2 fully saturated rings. The predicted octanol–water partition coefficient (Wildman–Crippen LogP) is 4.90. The van der Waals surface area contributed by atoms with Crippen molar-refractivity contribution in [3.63, 3.8) is 0 Å². The molecule has 2 atom stereocenters. The van der Waals surface area contributed by atoms with E-state index < -0.39 is 77.3 Å². The number of hydrogen-bond donors (Lipinski definition) is 1. The molecule has 7 rings (SSSR count). The number of β-lactam (4-membered cyclic amide) rings is 1. The number of esters is 1. The Morgan fingerprint density at radius 3 is 1.99 bits per heavy atom. The number of carbonyl (C=O) groups excluding carboxylic acids is 6. The molecular formula is C50H51BrF3N5O10S. The monoisotopic (exact) mass is 1050 g/mol. The first kappa shape index (κ1) is 52.7. The van der Waals surface area contributed by atoms with Crippen molar-refractivity contribution in [3.8, 4) is 5.75 Å². The molecule has 3 aliphatic heterocycles. The van der Waals surface area contributed by atoms with Crippen LogP contribution in [0.25, 0.3) is 0 Å². The van der Waals surface area contributed by atoms with Crippen molar-refractivity contribution in [3.05, 3.63) is 149 Å². The number of amides is 4. The average Bonchev–Trinajstić information content (AvgIpc) is 3.61. The van der Waals surface area contributed by atoms with Crippen LogP contribution in [0.2, 0.25) is 0 Å². The largest absolute Gasteiger partial charge is 1.00 e. The number of thioether (sulfide) groups is 1. The normalized spacial score (nSPS) is 17.6. The fraction of sp³-hybridized carbons (Fsp3) is 0.340.